The number of benzene rings is 3. The summed E-state index contributed by atoms with van der Waals surface area (Å²) in [6, 6.07) is 32.5. The van der Waals surface area contributed by atoms with Crippen LogP contribution in [0, 0.1) is 0 Å². The van der Waals surface area contributed by atoms with Crippen molar-refractivity contribution in [2.24, 2.45) is 0 Å². The van der Waals surface area contributed by atoms with Gasteiger partial charge in [0.2, 0.25) is 5.69 Å². The van der Waals surface area contributed by atoms with Crippen molar-refractivity contribution in [2.75, 3.05) is 0 Å². The van der Waals surface area contributed by atoms with Crippen LogP contribution in [-0.2, 0) is 6.54 Å². The molecule has 0 radical (unpaired) electrons. The largest absolute Gasteiger partial charge is 0.213 e. The van der Waals surface area contributed by atoms with Crippen molar-refractivity contribution >= 4 is 0 Å². The van der Waals surface area contributed by atoms with Crippen LogP contribution in [-0.4, -0.2) is 0 Å². The van der Waals surface area contributed by atoms with E-state index in [1.165, 1.54) is 39.1 Å². The topological polar surface area (TPSA) is 3.88 Å². The maximum absolute atomic E-state index is 2.34. The molecule has 0 amide bonds. The molecular formula is C24H18N+. The molecule has 5 rings (SSSR count). The number of hydrogen-bond acceptors (Lipinski definition) is 0. The van der Waals surface area contributed by atoms with E-state index >= 15 is 0 Å². The summed E-state index contributed by atoms with van der Waals surface area (Å²) >= 11 is 0. The van der Waals surface area contributed by atoms with Crippen molar-refractivity contribution in [3.8, 4) is 33.5 Å². The van der Waals surface area contributed by atoms with Crippen LogP contribution >= 0.6 is 0 Å². The standard InChI is InChI=1S/C24H18N/c1-3-7-18(8-4-1)20-11-12-23-22(15-20)17-25-14-13-21(16-24(23)25)19-9-5-2-6-10-19/h1-16H,17H2/q+1. The average molecular weight is 320 g/mol. The van der Waals surface area contributed by atoms with E-state index in [1.54, 1.807) is 0 Å². The van der Waals surface area contributed by atoms with Gasteiger partial charge in [-0.25, -0.2) is 0 Å². The van der Waals surface area contributed by atoms with Crippen LogP contribution in [0.25, 0.3) is 33.5 Å². The first-order valence-corrected chi connectivity index (χ1v) is 8.66. The second-order valence-electron chi connectivity index (χ2n) is 6.53. The summed E-state index contributed by atoms with van der Waals surface area (Å²) in [4.78, 5) is 0. The third kappa shape index (κ3) is 2.45. The lowest BCUT2D eigenvalue weighted by Gasteiger charge is -2.03. The van der Waals surface area contributed by atoms with Gasteiger partial charge in [-0.15, -0.1) is 0 Å². The first-order chi connectivity index (χ1) is 12.4. The zero-order chi connectivity index (χ0) is 16.6. The van der Waals surface area contributed by atoms with Gasteiger partial charge in [0.25, 0.3) is 0 Å². The molecule has 0 atom stereocenters. The Morgan fingerprint density at radius 1 is 0.560 bits per heavy atom. The molecule has 118 valence electrons. The van der Waals surface area contributed by atoms with Gasteiger partial charge in [-0.3, -0.25) is 0 Å². The van der Waals surface area contributed by atoms with Crippen LogP contribution in [0.5, 0.6) is 0 Å². The van der Waals surface area contributed by atoms with Gasteiger partial charge in [-0.2, -0.15) is 4.57 Å². The van der Waals surface area contributed by atoms with Crippen LogP contribution in [0.4, 0.5) is 0 Å². The smallest absolute Gasteiger partial charge is 0.194 e. The molecule has 3 aromatic carbocycles. The fourth-order valence-corrected chi connectivity index (χ4v) is 3.68. The SMILES string of the molecule is c1ccc(-c2ccc3c(c2)C[n+]2ccc(-c4ccccc4)cc2-3)cc1. The second kappa shape index (κ2) is 5.71. The normalized spacial score (nSPS) is 11.8. The van der Waals surface area contributed by atoms with Gasteiger partial charge in [0.15, 0.2) is 12.7 Å². The summed E-state index contributed by atoms with van der Waals surface area (Å²) in [5.41, 5.74) is 9.14. The zero-order valence-corrected chi connectivity index (χ0v) is 13.9. The molecule has 2 heterocycles. The number of rotatable bonds is 2. The van der Waals surface area contributed by atoms with Crippen LogP contribution in [0.2, 0.25) is 0 Å². The molecule has 0 unspecified atom stereocenters. The molecule has 1 aromatic heterocycles. The Balaban J connectivity index is 1.58. The minimum absolute atomic E-state index is 0.945. The van der Waals surface area contributed by atoms with Crippen LogP contribution < -0.4 is 4.57 Å². The van der Waals surface area contributed by atoms with Crippen LogP contribution in [0.1, 0.15) is 5.56 Å². The highest BCUT2D eigenvalue weighted by Crippen LogP contribution is 2.33. The van der Waals surface area contributed by atoms with E-state index in [-0.39, 0.29) is 0 Å². The van der Waals surface area contributed by atoms with Crippen LogP contribution in [0.3, 0.4) is 0 Å². The number of pyridine rings is 1. The predicted octanol–water partition coefficient (Wildman–Crippen LogP) is 5.34. The van der Waals surface area contributed by atoms with E-state index in [0.29, 0.717) is 0 Å². The summed E-state index contributed by atoms with van der Waals surface area (Å²) < 4.78 is 2.34. The van der Waals surface area contributed by atoms with Crippen LogP contribution in [0.15, 0.2) is 97.2 Å². The van der Waals surface area contributed by atoms with Gasteiger partial charge < -0.3 is 0 Å². The molecule has 1 heteroatoms. The van der Waals surface area contributed by atoms with Crippen molar-refractivity contribution in [3.63, 3.8) is 0 Å². The van der Waals surface area contributed by atoms with Gasteiger partial charge in [0.05, 0.1) is 5.56 Å². The molecular weight excluding hydrogens is 302 g/mol. The summed E-state index contributed by atoms with van der Waals surface area (Å²) in [7, 11) is 0. The predicted molar refractivity (Wildman–Crippen MR) is 102 cm³/mol. The number of nitrogens with zero attached hydrogens (tertiary/aromatic N) is 1. The van der Waals surface area contributed by atoms with Crippen molar-refractivity contribution in [3.05, 3.63) is 103 Å². The van der Waals surface area contributed by atoms with Gasteiger partial charge in [0, 0.05) is 17.7 Å². The zero-order valence-electron chi connectivity index (χ0n) is 13.9. The van der Waals surface area contributed by atoms with Crippen molar-refractivity contribution in [2.45, 2.75) is 6.54 Å². The first kappa shape index (κ1) is 14.2. The Bertz CT molecular complexity index is 1050. The Morgan fingerprint density at radius 2 is 1.20 bits per heavy atom. The molecule has 0 aliphatic carbocycles. The lowest BCUT2D eigenvalue weighted by Crippen LogP contribution is -2.31. The molecule has 0 fully saturated rings. The summed E-state index contributed by atoms with van der Waals surface area (Å²) in [5, 5.41) is 0. The second-order valence-corrected chi connectivity index (χ2v) is 6.53. The molecule has 1 aliphatic rings. The highest BCUT2D eigenvalue weighted by Gasteiger charge is 2.26. The molecule has 0 N–H and O–H groups in total. The van der Waals surface area contributed by atoms with E-state index in [2.05, 4.69) is 102 Å². The van der Waals surface area contributed by atoms with E-state index in [0.717, 1.165) is 6.54 Å². The Morgan fingerprint density at radius 3 is 1.88 bits per heavy atom. The number of hydrogen-bond donors (Lipinski definition) is 0. The maximum atomic E-state index is 2.34. The average Bonchev–Trinajstić information content (AvgIpc) is 3.06. The molecule has 0 saturated heterocycles. The van der Waals surface area contributed by atoms with Gasteiger partial charge in [0.1, 0.15) is 0 Å². The number of fused-ring (bicyclic) bond motifs is 3. The molecule has 25 heavy (non-hydrogen) atoms. The highest BCUT2D eigenvalue weighted by atomic mass is 15.0. The quantitative estimate of drug-likeness (QED) is 0.387. The van der Waals surface area contributed by atoms with E-state index in [4.69, 9.17) is 0 Å². The fraction of sp³-hybridized carbons (Fsp3) is 0.0417. The summed E-state index contributed by atoms with van der Waals surface area (Å²) in [6.07, 6.45) is 2.21. The maximum Gasteiger partial charge on any atom is 0.213 e. The van der Waals surface area contributed by atoms with Crippen molar-refractivity contribution in [1.82, 2.24) is 0 Å². The molecule has 1 aliphatic heterocycles. The molecule has 0 bridgehead atoms. The molecule has 0 spiro atoms. The Labute approximate surface area is 147 Å². The Kier molecular flexibility index (Phi) is 3.24. The third-order valence-corrected chi connectivity index (χ3v) is 4.97. The monoisotopic (exact) mass is 320 g/mol. The van der Waals surface area contributed by atoms with E-state index in [1.807, 2.05) is 0 Å². The van der Waals surface area contributed by atoms with Gasteiger partial charge in [-0.1, -0.05) is 66.7 Å². The lowest BCUT2D eigenvalue weighted by molar-refractivity contribution is -0.672. The highest BCUT2D eigenvalue weighted by molar-refractivity contribution is 5.75. The molecule has 1 nitrogen and oxygen atoms in total. The Hall–Kier alpha value is -3.19. The van der Waals surface area contributed by atoms with E-state index < -0.39 is 0 Å². The fourth-order valence-electron chi connectivity index (χ4n) is 3.68. The summed E-state index contributed by atoms with van der Waals surface area (Å²) in [6.45, 7) is 0.945. The van der Waals surface area contributed by atoms with Gasteiger partial charge >= 0.3 is 0 Å². The van der Waals surface area contributed by atoms with E-state index in [9.17, 15) is 0 Å². The summed E-state index contributed by atoms with van der Waals surface area (Å²) in [5.74, 6) is 0. The van der Waals surface area contributed by atoms with Crippen molar-refractivity contribution < 1.29 is 4.57 Å². The van der Waals surface area contributed by atoms with Crippen molar-refractivity contribution in [1.29, 1.82) is 0 Å². The minimum atomic E-state index is 0.945. The third-order valence-electron chi connectivity index (χ3n) is 4.97. The first-order valence-electron chi connectivity index (χ1n) is 8.66. The molecule has 0 saturated carbocycles. The molecule has 4 aromatic rings. The minimum Gasteiger partial charge on any atom is -0.194 e. The lowest BCUT2D eigenvalue weighted by atomic mass is 9.98. The number of aromatic nitrogens is 1. The van der Waals surface area contributed by atoms with Gasteiger partial charge in [-0.05, 0) is 34.4 Å².